The van der Waals surface area contributed by atoms with E-state index in [-0.39, 0.29) is 5.91 Å². The minimum atomic E-state index is -0.186. The zero-order valence-corrected chi connectivity index (χ0v) is 14.6. The van der Waals surface area contributed by atoms with Crippen LogP contribution >= 0.6 is 11.3 Å². The monoisotopic (exact) mass is 350 g/mol. The Morgan fingerprint density at radius 1 is 1.16 bits per heavy atom. The molecule has 25 heavy (non-hydrogen) atoms. The van der Waals surface area contributed by atoms with Gasteiger partial charge in [0.2, 0.25) is 5.91 Å². The Hall–Kier alpha value is -2.92. The Kier molecular flexibility index (Phi) is 5.59. The fraction of sp³-hybridized carbons (Fsp3) is 0.100. The van der Waals surface area contributed by atoms with Crippen LogP contribution in [0.4, 0.5) is 5.13 Å². The van der Waals surface area contributed by atoms with Gasteiger partial charge in [-0.1, -0.05) is 42.5 Å². The van der Waals surface area contributed by atoms with Gasteiger partial charge in [0.15, 0.2) is 5.13 Å². The molecule has 0 saturated heterocycles. The summed E-state index contributed by atoms with van der Waals surface area (Å²) in [6.45, 7) is 0. The van der Waals surface area contributed by atoms with Crippen molar-refractivity contribution < 1.29 is 9.53 Å². The third-order valence-corrected chi connectivity index (χ3v) is 4.46. The number of carbonyl (C=O) groups is 1. The van der Waals surface area contributed by atoms with Crippen LogP contribution in [0.3, 0.4) is 0 Å². The van der Waals surface area contributed by atoms with E-state index in [2.05, 4.69) is 10.3 Å². The van der Waals surface area contributed by atoms with E-state index >= 15 is 0 Å². The lowest BCUT2D eigenvalue weighted by Crippen LogP contribution is -2.06. The maximum Gasteiger partial charge on any atom is 0.250 e. The van der Waals surface area contributed by atoms with Crippen LogP contribution in [0.5, 0.6) is 5.75 Å². The molecule has 3 rings (SSSR count). The maximum absolute atomic E-state index is 12.0. The van der Waals surface area contributed by atoms with Gasteiger partial charge in [0.25, 0.3) is 0 Å². The number of methoxy groups -OCH3 is 1. The van der Waals surface area contributed by atoms with Gasteiger partial charge in [0, 0.05) is 23.6 Å². The molecule has 0 bridgehead atoms. The second kappa shape index (κ2) is 8.26. The molecule has 1 heterocycles. The number of benzene rings is 2. The molecule has 0 aliphatic rings. The van der Waals surface area contributed by atoms with E-state index in [0.29, 0.717) is 5.13 Å². The average molecular weight is 350 g/mol. The molecule has 0 spiro atoms. The average Bonchev–Trinajstić information content (AvgIpc) is 3.08. The number of rotatable bonds is 6. The molecule has 3 aromatic rings. The first-order valence-electron chi connectivity index (χ1n) is 7.85. The van der Waals surface area contributed by atoms with Gasteiger partial charge in [0.05, 0.1) is 7.11 Å². The number of amides is 1. The maximum atomic E-state index is 12.0. The molecule has 0 radical (unpaired) electrons. The molecule has 0 fully saturated rings. The van der Waals surface area contributed by atoms with Gasteiger partial charge >= 0.3 is 0 Å². The van der Waals surface area contributed by atoms with Gasteiger partial charge in [-0.3, -0.25) is 10.1 Å². The number of aromatic nitrogens is 1. The van der Waals surface area contributed by atoms with Crippen molar-refractivity contribution in [2.75, 3.05) is 12.4 Å². The van der Waals surface area contributed by atoms with Gasteiger partial charge in [-0.25, -0.2) is 4.98 Å². The van der Waals surface area contributed by atoms with E-state index in [1.165, 1.54) is 23.0 Å². The number of hydrogen-bond acceptors (Lipinski definition) is 4. The molecule has 1 N–H and O–H groups in total. The summed E-state index contributed by atoms with van der Waals surface area (Å²) in [5.74, 6) is 0.653. The van der Waals surface area contributed by atoms with Crippen LogP contribution in [0.15, 0.2) is 66.9 Å². The smallest absolute Gasteiger partial charge is 0.250 e. The third-order valence-electron chi connectivity index (χ3n) is 3.55. The van der Waals surface area contributed by atoms with Crippen LogP contribution < -0.4 is 10.1 Å². The number of hydrogen-bond donors (Lipinski definition) is 1. The minimum absolute atomic E-state index is 0.186. The van der Waals surface area contributed by atoms with Crippen molar-refractivity contribution in [1.29, 1.82) is 0 Å². The molecule has 2 aromatic carbocycles. The summed E-state index contributed by atoms with van der Waals surface area (Å²) in [5, 5.41) is 3.40. The molecule has 0 saturated carbocycles. The number of nitrogens with zero attached hydrogens (tertiary/aromatic N) is 1. The number of ether oxygens (including phenoxy) is 1. The van der Waals surface area contributed by atoms with Crippen LogP contribution in [-0.4, -0.2) is 18.0 Å². The lowest BCUT2D eigenvalue weighted by molar-refractivity contribution is -0.111. The molecule has 0 unspecified atom stereocenters. The highest BCUT2D eigenvalue weighted by atomic mass is 32.1. The van der Waals surface area contributed by atoms with Gasteiger partial charge < -0.3 is 4.74 Å². The van der Waals surface area contributed by atoms with Gasteiger partial charge in [-0.15, -0.1) is 11.3 Å². The predicted molar refractivity (Wildman–Crippen MR) is 102 cm³/mol. The Morgan fingerprint density at radius 2 is 1.92 bits per heavy atom. The molecule has 1 aromatic heterocycles. The van der Waals surface area contributed by atoms with E-state index < -0.39 is 0 Å². The van der Waals surface area contributed by atoms with Crippen LogP contribution in [0.1, 0.15) is 16.0 Å². The van der Waals surface area contributed by atoms with Crippen LogP contribution in [0, 0.1) is 0 Å². The minimum Gasteiger partial charge on any atom is -0.497 e. The van der Waals surface area contributed by atoms with Crippen molar-refractivity contribution in [2.24, 2.45) is 0 Å². The number of carbonyl (C=O) groups excluding carboxylic acids is 1. The summed E-state index contributed by atoms with van der Waals surface area (Å²) < 4.78 is 5.16. The van der Waals surface area contributed by atoms with E-state index in [1.54, 1.807) is 19.4 Å². The Bertz CT molecular complexity index is 855. The van der Waals surface area contributed by atoms with Gasteiger partial charge in [0.1, 0.15) is 5.75 Å². The summed E-state index contributed by atoms with van der Waals surface area (Å²) in [5.41, 5.74) is 2.16. The standard InChI is InChI=1S/C20H18N2O2S/c1-24-17-10-7-16(8-11-17)13-18-14-21-20(25-18)22-19(23)12-9-15-5-3-2-4-6-15/h2-12,14H,13H2,1H3,(H,21,22,23)/b12-9+. The summed E-state index contributed by atoms with van der Waals surface area (Å²) in [7, 11) is 1.65. The zero-order valence-electron chi connectivity index (χ0n) is 13.8. The second-order valence-electron chi connectivity index (χ2n) is 5.39. The molecular weight excluding hydrogens is 332 g/mol. The molecule has 0 aliphatic carbocycles. The highest BCUT2D eigenvalue weighted by molar-refractivity contribution is 7.15. The van der Waals surface area contributed by atoms with Crippen molar-refractivity contribution in [1.82, 2.24) is 4.98 Å². The normalized spacial score (nSPS) is 10.8. The molecule has 1 amide bonds. The quantitative estimate of drug-likeness (QED) is 0.671. The fourth-order valence-electron chi connectivity index (χ4n) is 2.27. The lowest BCUT2D eigenvalue weighted by atomic mass is 10.1. The second-order valence-corrected chi connectivity index (χ2v) is 6.51. The molecular formula is C20H18N2O2S. The number of nitrogens with one attached hydrogen (secondary N) is 1. The first kappa shape index (κ1) is 16.9. The highest BCUT2D eigenvalue weighted by Gasteiger charge is 2.05. The summed E-state index contributed by atoms with van der Waals surface area (Å²) >= 11 is 1.48. The van der Waals surface area contributed by atoms with Crippen LogP contribution in [-0.2, 0) is 11.2 Å². The van der Waals surface area contributed by atoms with E-state index in [4.69, 9.17) is 4.74 Å². The Morgan fingerprint density at radius 3 is 2.64 bits per heavy atom. The van der Waals surface area contributed by atoms with E-state index in [9.17, 15) is 4.79 Å². The largest absolute Gasteiger partial charge is 0.497 e. The Balaban J connectivity index is 1.57. The van der Waals surface area contributed by atoms with Crippen molar-refractivity contribution in [3.63, 3.8) is 0 Å². The first-order valence-corrected chi connectivity index (χ1v) is 8.66. The summed E-state index contributed by atoms with van der Waals surface area (Å²) in [6.07, 6.45) is 5.86. The van der Waals surface area contributed by atoms with Crippen molar-refractivity contribution in [3.8, 4) is 5.75 Å². The zero-order chi connectivity index (χ0) is 17.5. The first-order chi connectivity index (χ1) is 12.2. The third kappa shape index (κ3) is 5.02. The molecule has 4 nitrogen and oxygen atoms in total. The SMILES string of the molecule is COc1ccc(Cc2cnc(NC(=O)/C=C/c3ccccc3)s2)cc1. The van der Waals surface area contributed by atoms with Gasteiger partial charge in [-0.2, -0.15) is 0 Å². The highest BCUT2D eigenvalue weighted by Crippen LogP contribution is 2.22. The number of anilines is 1. The molecule has 126 valence electrons. The van der Waals surface area contributed by atoms with Crippen LogP contribution in [0.25, 0.3) is 6.08 Å². The van der Waals surface area contributed by atoms with Crippen molar-refractivity contribution in [2.45, 2.75) is 6.42 Å². The summed E-state index contributed by atoms with van der Waals surface area (Å²) in [6, 6.07) is 17.6. The van der Waals surface area contributed by atoms with Crippen molar-refractivity contribution >= 4 is 28.5 Å². The van der Waals surface area contributed by atoms with E-state index in [0.717, 1.165) is 22.6 Å². The topological polar surface area (TPSA) is 51.2 Å². The van der Waals surface area contributed by atoms with Crippen LogP contribution in [0.2, 0.25) is 0 Å². The van der Waals surface area contributed by atoms with Crippen molar-refractivity contribution in [3.05, 3.63) is 82.9 Å². The Labute approximate surface area is 150 Å². The number of thiazole rings is 1. The molecule has 0 aliphatic heterocycles. The molecule has 0 atom stereocenters. The predicted octanol–water partition coefficient (Wildman–Crippen LogP) is 4.39. The van der Waals surface area contributed by atoms with Gasteiger partial charge in [-0.05, 0) is 29.3 Å². The molecule has 5 heteroatoms. The fourth-order valence-corrected chi connectivity index (χ4v) is 3.12. The van der Waals surface area contributed by atoms with E-state index in [1.807, 2.05) is 54.6 Å². The summed E-state index contributed by atoms with van der Waals surface area (Å²) in [4.78, 5) is 17.3. The lowest BCUT2D eigenvalue weighted by Gasteiger charge is -2.01.